The summed E-state index contributed by atoms with van der Waals surface area (Å²) in [7, 11) is 1.44. The standard InChI is InChI=1S/C17H23F3N2O3/c1-24-10-14(21)15(23)22-11-16(5-7-25-8-6-16)12-3-2-4-13(9-12)17(18,19)20/h2-4,9,14H,5-8,10-11,21H2,1H3,(H,22,23). The van der Waals surface area contributed by atoms with Gasteiger partial charge in [-0.3, -0.25) is 4.79 Å². The van der Waals surface area contributed by atoms with E-state index in [0.29, 0.717) is 31.6 Å². The van der Waals surface area contributed by atoms with Gasteiger partial charge in [0.05, 0.1) is 12.2 Å². The molecule has 1 heterocycles. The number of rotatable bonds is 6. The zero-order chi connectivity index (χ0) is 18.5. The molecule has 1 aromatic carbocycles. The number of nitrogens with two attached hydrogens (primary N) is 1. The first-order valence-electron chi connectivity index (χ1n) is 8.06. The van der Waals surface area contributed by atoms with Gasteiger partial charge in [0.1, 0.15) is 6.04 Å². The molecular formula is C17H23F3N2O3. The van der Waals surface area contributed by atoms with E-state index in [2.05, 4.69) is 5.32 Å². The summed E-state index contributed by atoms with van der Waals surface area (Å²) in [5.74, 6) is -0.389. The van der Waals surface area contributed by atoms with Crippen molar-refractivity contribution < 1.29 is 27.4 Å². The van der Waals surface area contributed by atoms with Gasteiger partial charge < -0.3 is 20.5 Å². The molecule has 0 bridgehead atoms. The molecule has 2 rings (SSSR count). The van der Waals surface area contributed by atoms with E-state index in [-0.39, 0.29) is 19.1 Å². The highest BCUT2D eigenvalue weighted by Gasteiger charge is 2.38. The maximum atomic E-state index is 13.0. The molecule has 1 fully saturated rings. The Morgan fingerprint density at radius 1 is 1.40 bits per heavy atom. The highest BCUT2D eigenvalue weighted by molar-refractivity contribution is 5.81. The van der Waals surface area contributed by atoms with Gasteiger partial charge in [0.2, 0.25) is 5.91 Å². The minimum absolute atomic E-state index is 0.0749. The first-order chi connectivity index (χ1) is 11.8. The molecule has 0 radical (unpaired) electrons. The number of methoxy groups -OCH3 is 1. The second kappa shape index (κ2) is 8.16. The number of carbonyl (C=O) groups is 1. The molecule has 0 aromatic heterocycles. The third kappa shape index (κ3) is 4.93. The number of hydrogen-bond acceptors (Lipinski definition) is 4. The molecule has 1 aromatic rings. The minimum atomic E-state index is -4.41. The quantitative estimate of drug-likeness (QED) is 0.812. The van der Waals surface area contributed by atoms with Crippen LogP contribution in [-0.4, -0.2) is 45.4 Å². The van der Waals surface area contributed by atoms with Gasteiger partial charge in [-0.15, -0.1) is 0 Å². The van der Waals surface area contributed by atoms with Gasteiger partial charge >= 0.3 is 6.18 Å². The van der Waals surface area contributed by atoms with Crippen molar-refractivity contribution in [1.82, 2.24) is 5.32 Å². The summed E-state index contributed by atoms with van der Waals surface area (Å²) >= 11 is 0. The van der Waals surface area contributed by atoms with Crippen molar-refractivity contribution in [2.75, 3.05) is 33.5 Å². The average Bonchev–Trinajstić information content (AvgIpc) is 2.60. The number of amides is 1. The predicted molar refractivity (Wildman–Crippen MR) is 86.0 cm³/mol. The van der Waals surface area contributed by atoms with Crippen molar-refractivity contribution in [3.63, 3.8) is 0 Å². The van der Waals surface area contributed by atoms with Crippen LogP contribution in [0.1, 0.15) is 24.0 Å². The Labute approximate surface area is 144 Å². The SMILES string of the molecule is COCC(N)C(=O)NCC1(c2cccc(C(F)(F)F)c2)CCOCC1. The molecule has 0 spiro atoms. The van der Waals surface area contributed by atoms with Gasteiger partial charge in [0, 0.05) is 32.3 Å². The molecule has 1 saturated heterocycles. The number of carbonyl (C=O) groups excluding carboxylic acids is 1. The third-order valence-electron chi connectivity index (χ3n) is 4.54. The summed E-state index contributed by atoms with van der Waals surface area (Å²) < 4.78 is 49.3. The molecule has 1 amide bonds. The van der Waals surface area contributed by atoms with Crippen LogP contribution in [0.15, 0.2) is 24.3 Å². The van der Waals surface area contributed by atoms with Crippen LogP contribution < -0.4 is 11.1 Å². The second-order valence-electron chi connectivity index (χ2n) is 6.25. The minimum Gasteiger partial charge on any atom is -0.383 e. The predicted octanol–water partition coefficient (Wildman–Crippen LogP) is 1.84. The van der Waals surface area contributed by atoms with Gasteiger partial charge in [0.25, 0.3) is 0 Å². The second-order valence-corrected chi connectivity index (χ2v) is 6.25. The number of ether oxygens (including phenoxy) is 2. The van der Waals surface area contributed by atoms with Gasteiger partial charge in [-0.1, -0.05) is 18.2 Å². The fourth-order valence-corrected chi connectivity index (χ4v) is 3.00. The Morgan fingerprint density at radius 3 is 2.68 bits per heavy atom. The van der Waals surface area contributed by atoms with Crippen LogP contribution in [-0.2, 0) is 25.9 Å². The smallest absolute Gasteiger partial charge is 0.383 e. The summed E-state index contributed by atoms with van der Waals surface area (Å²) in [6.07, 6.45) is -3.37. The Bertz CT molecular complexity index is 587. The summed E-state index contributed by atoms with van der Waals surface area (Å²) in [6, 6.07) is 4.45. The highest BCUT2D eigenvalue weighted by atomic mass is 19.4. The zero-order valence-corrected chi connectivity index (χ0v) is 14.1. The molecule has 8 heteroatoms. The molecule has 25 heavy (non-hydrogen) atoms. The fraction of sp³-hybridized carbons (Fsp3) is 0.588. The van der Waals surface area contributed by atoms with Gasteiger partial charge in [-0.25, -0.2) is 0 Å². The van der Waals surface area contributed by atoms with Crippen LogP contribution in [0.2, 0.25) is 0 Å². The molecule has 1 aliphatic heterocycles. The molecule has 1 unspecified atom stereocenters. The Kier molecular flexibility index (Phi) is 6.42. The number of benzene rings is 1. The van der Waals surface area contributed by atoms with Crippen LogP contribution in [0.25, 0.3) is 0 Å². The van der Waals surface area contributed by atoms with E-state index in [1.165, 1.54) is 13.2 Å². The monoisotopic (exact) mass is 360 g/mol. The summed E-state index contributed by atoms with van der Waals surface area (Å²) in [5, 5.41) is 2.75. The molecule has 5 nitrogen and oxygen atoms in total. The van der Waals surface area contributed by atoms with Crippen LogP contribution in [0.3, 0.4) is 0 Å². The normalized spacial score (nSPS) is 18.6. The molecule has 3 N–H and O–H groups in total. The number of nitrogens with one attached hydrogen (secondary N) is 1. The summed E-state index contributed by atoms with van der Waals surface area (Å²) in [6.45, 7) is 1.13. The maximum absolute atomic E-state index is 13.0. The van der Waals surface area contributed by atoms with Crippen molar-refractivity contribution in [2.24, 2.45) is 5.73 Å². The topological polar surface area (TPSA) is 73.6 Å². The van der Waals surface area contributed by atoms with Crippen molar-refractivity contribution in [1.29, 1.82) is 0 Å². The fourth-order valence-electron chi connectivity index (χ4n) is 3.00. The lowest BCUT2D eigenvalue weighted by Gasteiger charge is -2.38. The van der Waals surface area contributed by atoms with Crippen LogP contribution in [0, 0.1) is 0 Å². The van der Waals surface area contributed by atoms with Gasteiger partial charge in [-0.05, 0) is 24.5 Å². The molecule has 1 atom stereocenters. The van der Waals surface area contributed by atoms with E-state index < -0.39 is 23.2 Å². The maximum Gasteiger partial charge on any atom is 0.416 e. The van der Waals surface area contributed by atoms with E-state index in [9.17, 15) is 18.0 Å². The Morgan fingerprint density at radius 2 is 2.08 bits per heavy atom. The van der Waals surface area contributed by atoms with E-state index in [1.807, 2.05) is 0 Å². The van der Waals surface area contributed by atoms with Crippen molar-refractivity contribution in [3.8, 4) is 0 Å². The first-order valence-corrected chi connectivity index (χ1v) is 8.06. The van der Waals surface area contributed by atoms with E-state index in [4.69, 9.17) is 15.2 Å². The lowest BCUT2D eigenvalue weighted by atomic mass is 9.73. The lowest BCUT2D eigenvalue weighted by Crippen LogP contribution is -2.50. The van der Waals surface area contributed by atoms with Gasteiger partial charge in [-0.2, -0.15) is 13.2 Å². The van der Waals surface area contributed by atoms with Crippen molar-refractivity contribution >= 4 is 5.91 Å². The Hall–Kier alpha value is -1.64. The molecule has 140 valence electrons. The third-order valence-corrected chi connectivity index (χ3v) is 4.54. The van der Waals surface area contributed by atoms with E-state index in [0.717, 1.165) is 12.1 Å². The average molecular weight is 360 g/mol. The number of hydrogen-bond donors (Lipinski definition) is 2. The van der Waals surface area contributed by atoms with E-state index >= 15 is 0 Å². The van der Waals surface area contributed by atoms with Crippen LogP contribution in [0.4, 0.5) is 13.2 Å². The zero-order valence-electron chi connectivity index (χ0n) is 14.1. The first kappa shape index (κ1) is 19.7. The van der Waals surface area contributed by atoms with E-state index in [1.54, 1.807) is 6.07 Å². The Balaban J connectivity index is 2.22. The molecular weight excluding hydrogens is 337 g/mol. The van der Waals surface area contributed by atoms with Crippen LogP contribution >= 0.6 is 0 Å². The molecule has 0 saturated carbocycles. The van der Waals surface area contributed by atoms with Crippen molar-refractivity contribution in [3.05, 3.63) is 35.4 Å². The number of alkyl halides is 3. The lowest BCUT2D eigenvalue weighted by molar-refractivity contribution is -0.137. The highest BCUT2D eigenvalue weighted by Crippen LogP contribution is 2.37. The van der Waals surface area contributed by atoms with Gasteiger partial charge in [0.15, 0.2) is 0 Å². The molecule has 1 aliphatic rings. The summed E-state index contributed by atoms with van der Waals surface area (Å²) in [5.41, 5.74) is 4.94. The largest absolute Gasteiger partial charge is 0.416 e. The van der Waals surface area contributed by atoms with Crippen molar-refractivity contribution in [2.45, 2.75) is 30.5 Å². The molecule has 0 aliphatic carbocycles. The number of halogens is 3. The summed E-state index contributed by atoms with van der Waals surface area (Å²) in [4.78, 5) is 12.0. The van der Waals surface area contributed by atoms with Crippen LogP contribution in [0.5, 0.6) is 0 Å².